The molecule has 0 aromatic carbocycles. The van der Waals surface area contributed by atoms with Gasteiger partial charge in [0.1, 0.15) is 10.7 Å². The van der Waals surface area contributed by atoms with E-state index in [1.807, 2.05) is 6.92 Å². The summed E-state index contributed by atoms with van der Waals surface area (Å²) in [6.07, 6.45) is 2.66. The summed E-state index contributed by atoms with van der Waals surface area (Å²) in [6, 6.07) is 1.48. The molecule has 2 aromatic heterocycles. The highest BCUT2D eigenvalue weighted by atomic mass is 79.9. The Bertz CT molecular complexity index is 674. The fourth-order valence-corrected chi connectivity index (χ4v) is 3.05. The van der Waals surface area contributed by atoms with Gasteiger partial charge >= 0.3 is 0 Å². The SMILES string of the molecule is CCNc1ncc(Br)cc1S(=O)(=O)NCc1ncon1. The molecule has 108 valence electrons. The third-order valence-corrected chi connectivity index (χ3v) is 4.13. The standard InChI is InChI=1S/C10H12BrN5O3S/c1-2-12-10-8(3-7(11)4-13-10)20(17,18)15-5-9-14-6-19-16-9/h3-4,6,15H,2,5H2,1H3,(H,12,13). The van der Waals surface area contributed by atoms with Crippen LogP contribution in [0.5, 0.6) is 0 Å². The van der Waals surface area contributed by atoms with E-state index in [9.17, 15) is 8.42 Å². The minimum atomic E-state index is -3.74. The van der Waals surface area contributed by atoms with Gasteiger partial charge in [-0.15, -0.1) is 0 Å². The number of hydrogen-bond donors (Lipinski definition) is 2. The fraction of sp³-hybridized carbons (Fsp3) is 0.300. The minimum absolute atomic E-state index is 0.0530. The average Bonchev–Trinajstić information content (AvgIpc) is 2.92. The second-order valence-corrected chi connectivity index (χ2v) is 6.35. The van der Waals surface area contributed by atoms with Gasteiger partial charge in [-0.05, 0) is 28.9 Å². The van der Waals surface area contributed by atoms with Crippen LogP contribution in [-0.4, -0.2) is 30.1 Å². The first-order chi connectivity index (χ1) is 9.53. The maximum Gasteiger partial charge on any atom is 0.244 e. The second-order valence-electron chi connectivity index (χ2n) is 3.70. The molecule has 0 fully saturated rings. The molecule has 0 aliphatic rings. The van der Waals surface area contributed by atoms with Gasteiger partial charge in [-0.25, -0.2) is 18.1 Å². The third-order valence-electron chi connectivity index (χ3n) is 2.28. The first-order valence-corrected chi connectivity index (χ1v) is 7.95. The Kier molecular flexibility index (Phi) is 4.68. The van der Waals surface area contributed by atoms with Crippen LogP contribution < -0.4 is 10.0 Å². The summed E-state index contributed by atoms with van der Waals surface area (Å²) < 4.78 is 32.1. The van der Waals surface area contributed by atoms with Crippen molar-refractivity contribution in [3.63, 3.8) is 0 Å². The van der Waals surface area contributed by atoms with E-state index in [0.29, 0.717) is 11.0 Å². The molecule has 10 heteroatoms. The molecule has 8 nitrogen and oxygen atoms in total. The molecule has 2 N–H and O–H groups in total. The van der Waals surface area contributed by atoms with Crippen LogP contribution in [-0.2, 0) is 16.6 Å². The van der Waals surface area contributed by atoms with Gasteiger partial charge in [-0.3, -0.25) is 0 Å². The molecular weight excluding hydrogens is 350 g/mol. The van der Waals surface area contributed by atoms with Crippen LogP contribution in [0.3, 0.4) is 0 Å². The summed E-state index contributed by atoms with van der Waals surface area (Å²) in [5.74, 6) is 0.540. The highest BCUT2D eigenvalue weighted by Crippen LogP contribution is 2.22. The fourth-order valence-electron chi connectivity index (χ4n) is 1.43. The van der Waals surface area contributed by atoms with Crippen molar-refractivity contribution in [1.29, 1.82) is 0 Å². The molecular formula is C10H12BrN5O3S. The smallest absolute Gasteiger partial charge is 0.244 e. The predicted molar refractivity (Wildman–Crippen MR) is 74.4 cm³/mol. The van der Waals surface area contributed by atoms with Crippen molar-refractivity contribution in [3.8, 4) is 0 Å². The predicted octanol–water partition coefficient (Wildman–Crippen LogP) is 1.14. The Hall–Kier alpha value is -1.52. The molecule has 0 amide bonds. The van der Waals surface area contributed by atoms with Crippen LogP contribution in [0.1, 0.15) is 12.7 Å². The molecule has 0 aliphatic carbocycles. The molecule has 0 spiro atoms. The highest BCUT2D eigenvalue weighted by Gasteiger charge is 2.20. The topological polar surface area (TPSA) is 110 Å². The summed E-state index contributed by atoms with van der Waals surface area (Å²) in [7, 11) is -3.74. The molecule has 0 aliphatic heterocycles. The maximum atomic E-state index is 12.3. The molecule has 0 bridgehead atoms. The monoisotopic (exact) mass is 361 g/mol. The van der Waals surface area contributed by atoms with E-state index < -0.39 is 10.0 Å². The number of nitrogens with one attached hydrogen (secondary N) is 2. The van der Waals surface area contributed by atoms with Gasteiger partial charge in [0, 0.05) is 17.2 Å². The number of anilines is 1. The molecule has 0 saturated heterocycles. The molecule has 20 heavy (non-hydrogen) atoms. The molecule has 0 saturated carbocycles. The van der Waals surface area contributed by atoms with Crippen LogP contribution in [0.4, 0.5) is 5.82 Å². The molecule has 0 atom stereocenters. The second kappa shape index (κ2) is 6.29. The normalized spacial score (nSPS) is 11.5. The van der Waals surface area contributed by atoms with Crippen molar-refractivity contribution in [1.82, 2.24) is 19.8 Å². The lowest BCUT2D eigenvalue weighted by Gasteiger charge is -2.11. The summed E-state index contributed by atoms with van der Waals surface area (Å²) in [5, 5.41) is 6.44. The number of aromatic nitrogens is 3. The first-order valence-electron chi connectivity index (χ1n) is 5.67. The Morgan fingerprint density at radius 1 is 1.40 bits per heavy atom. The van der Waals surface area contributed by atoms with Crippen LogP contribution in [0, 0.1) is 0 Å². The van der Waals surface area contributed by atoms with E-state index in [4.69, 9.17) is 0 Å². The summed E-state index contributed by atoms with van der Waals surface area (Å²) >= 11 is 3.21. The van der Waals surface area contributed by atoms with Gasteiger partial charge in [-0.2, -0.15) is 4.98 Å². The third kappa shape index (κ3) is 3.52. The number of hydrogen-bond acceptors (Lipinski definition) is 7. The van der Waals surface area contributed by atoms with Crippen molar-refractivity contribution in [2.24, 2.45) is 0 Å². The Labute approximate surface area is 124 Å². The zero-order valence-electron chi connectivity index (χ0n) is 10.5. The molecule has 0 radical (unpaired) electrons. The van der Waals surface area contributed by atoms with E-state index in [0.717, 1.165) is 6.39 Å². The van der Waals surface area contributed by atoms with Gasteiger partial charge in [0.2, 0.25) is 16.4 Å². The van der Waals surface area contributed by atoms with Crippen molar-refractivity contribution in [2.75, 3.05) is 11.9 Å². The largest absolute Gasteiger partial charge is 0.369 e. The quantitative estimate of drug-likeness (QED) is 0.793. The number of sulfonamides is 1. The number of halogens is 1. The summed E-state index contributed by atoms with van der Waals surface area (Å²) in [6.45, 7) is 2.35. The van der Waals surface area contributed by atoms with Gasteiger partial charge in [-0.1, -0.05) is 5.16 Å². The number of pyridine rings is 1. The molecule has 2 rings (SSSR count). The van der Waals surface area contributed by atoms with Gasteiger partial charge in [0.15, 0.2) is 5.82 Å². The Morgan fingerprint density at radius 2 is 2.20 bits per heavy atom. The van der Waals surface area contributed by atoms with Crippen molar-refractivity contribution in [2.45, 2.75) is 18.4 Å². The number of rotatable bonds is 6. The minimum Gasteiger partial charge on any atom is -0.369 e. The lowest BCUT2D eigenvalue weighted by Crippen LogP contribution is -2.25. The summed E-state index contributed by atoms with van der Waals surface area (Å²) in [4.78, 5) is 7.85. The van der Waals surface area contributed by atoms with E-state index in [-0.39, 0.29) is 23.1 Å². The molecule has 2 aromatic rings. The van der Waals surface area contributed by atoms with E-state index in [2.05, 4.69) is 45.6 Å². The van der Waals surface area contributed by atoms with Gasteiger partial charge in [0.25, 0.3) is 0 Å². The summed E-state index contributed by atoms with van der Waals surface area (Å²) in [5.41, 5.74) is 0. The lowest BCUT2D eigenvalue weighted by molar-refractivity contribution is 0.409. The molecule has 0 unspecified atom stereocenters. The van der Waals surface area contributed by atoms with Gasteiger partial charge in [0.05, 0.1) is 6.54 Å². The zero-order valence-corrected chi connectivity index (χ0v) is 12.9. The molecule has 2 heterocycles. The van der Waals surface area contributed by atoms with E-state index in [1.165, 1.54) is 12.3 Å². The van der Waals surface area contributed by atoms with Crippen LogP contribution in [0.15, 0.2) is 32.5 Å². The van der Waals surface area contributed by atoms with Gasteiger partial charge < -0.3 is 9.84 Å². The first kappa shape index (κ1) is 14.9. The lowest BCUT2D eigenvalue weighted by atomic mass is 10.4. The Morgan fingerprint density at radius 3 is 2.85 bits per heavy atom. The Balaban J connectivity index is 2.26. The average molecular weight is 362 g/mol. The van der Waals surface area contributed by atoms with Crippen molar-refractivity contribution < 1.29 is 12.9 Å². The zero-order chi connectivity index (χ0) is 14.6. The van der Waals surface area contributed by atoms with E-state index in [1.54, 1.807) is 0 Å². The van der Waals surface area contributed by atoms with Crippen LogP contribution in [0.2, 0.25) is 0 Å². The number of nitrogens with zero attached hydrogens (tertiary/aromatic N) is 3. The van der Waals surface area contributed by atoms with Crippen LogP contribution >= 0.6 is 15.9 Å². The van der Waals surface area contributed by atoms with E-state index >= 15 is 0 Å². The van der Waals surface area contributed by atoms with Crippen molar-refractivity contribution in [3.05, 3.63) is 29.0 Å². The highest BCUT2D eigenvalue weighted by molar-refractivity contribution is 9.10. The van der Waals surface area contributed by atoms with Crippen molar-refractivity contribution >= 4 is 31.8 Å². The van der Waals surface area contributed by atoms with Crippen LogP contribution in [0.25, 0.3) is 0 Å². The maximum absolute atomic E-state index is 12.3.